The first kappa shape index (κ1) is 10.8. The molecule has 0 rings (SSSR count). The van der Waals surface area contributed by atoms with E-state index in [1.807, 2.05) is 6.08 Å². The molecule has 0 radical (unpaired) electrons. The van der Waals surface area contributed by atoms with Crippen LogP contribution in [0.15, 0.2) is 12.7 Å². The van der Waals surface area contributed by atoms with E-state index in [9.17, 15) is 0 Å². The first-order valence-corrected chi connectivity index (χ1v) is 4.92. The number of hydrogen-bond acceptors (Lipinski definition) is 0. The summed E-state index contributed by atoms with van der Waals surface area (Å²) in [7, 11) is 2.35. The minimum atomic E-state index is 0.902. The maximum absolute atomic E-state index is 3.73. The summed E-state index contributed by atoms with van der Waals surface area (Å²) >= 11 is 0. The van der Waals surface area contributed by atoms with Crippen molar-refractivity contribution < 1.29 is 0 Å². The average molecular weight is 152 g/mol. The third kappa shape index (κ3) is 7.70. The van der Waals surface area contributed by atoms with Crippen molar-refractivity contribution in [3.63, 3.8) is 0 Å². The van der Waals surface area contributed by atoms with Crippen LogP contribution in [0.3, 0.4) is 0 Å². The van der Waals surface area contributed by atoms with Crippen LogP contribution < -0.4 is 0 Å². The van der Waals surface area contributed by atoms with E-state index < -0.39 is 0 Å². The van der Waals surface area contributed by atoms with Gasteiger partial charge in [0, 0.05) is 0 Å². The van der Waals surface area contributed by atoms with Gasteiger partial charge in [-0.25, -0.2) is 0 Å². The molecule has 0 aromatic carbocycles. The zero-order valence-electron chi connectivity index (χ0n) is 8.10. The molecule has 64 valence electrons. The third-order valence-corrected chi connectivity index (χ3v) is 2.16. The van der Waals surface area contributed by atoms with Crippen LogP contribution >= 0.6 is 0 Å². The van der Waals surface area contributed by atoms with Gasteiger partial charge in [-0.1, -0.05) is 50.9 Å². The first-order valence-electron chi connectivity index (χ1n) is 4.92. The highest BCUT2D eigenvalue weighted by Crippen LogP contribution is 2.17. The summed E-state index contributed by atoms with van der Waals surface area (Å²) in [6.45, 7) is 5.99. The van der Waals surface area contributed by atoms with E-state index in [0.29, 0.717) is 0 Å². The average Bonchev–Trinajstić information content (AvgIpc) is 2.01. The van der Waals surface area contributed by atoms with E-state index in [1.54, 1.807) is 0 Å². The van der Waals surface area contributed by atoms with Crippen molar-refractivity contribution in [2.24, 2.45) is 0 Å². The number of allylic oxidation sites excluding steroid dienone is 1. The molecule has 0 spiro atoms. The Labute approximate surface area is 72.5 Å². The minimum absolute atomic E-state index is 0.902. The molecule has 0 fully saturated rings. The molecule has 0 saturated carbocycles. The molecular weight excluding hydrogens is 131 g/mol. The van der Waals surface area contributed by atoms with Crippen LogP contribution in [0.5, 0.6) is 0 Å². The van der Waals surface area contributed by atoms with Crippen LogP contribution in [0.2, 0.25) is 5.82 Å². The predicted octanol–water partition coefficient (Wildman–Crippen LogP) is 2.95. The fourth-order valence-electron chi connectivity index (χ4n) is 1.29. The maximum atomic E-state index is 3.73. The van der Waals surface area contributed by atoms with Gasteiger partial charge in [0.2, 0.25) is 0 Å². The van der Waals surface area contributed by atoms with Gasteiger partial charge in [0.1, 0.15) is 7.85 Å². The lowest BCUT2D eigenvalue weighted by Crippen LogP contribution is -1.91. The Morgan fingerprint density at radius 1 is 1.36 bits per heavy atom. The molecular formula is C10H21B. The summed E-state index contributed by atoms with van der Waals surface area (Å²) in [4.78, 5) is 0. The lowest BCUT2D eigenvalue weighted by Gasteiger charge is -2.08. The summed E-state index contributed by atoms with van der Waals surface area (Å²) in [6.07, 6.45) is 10.1. The van der Waals surface area contributed by atoms with E-state index >= 15 is 0 Å². The topological polar surface area (TPSA) is 0 Å². The lowest BCUT2D eigenvalue weighted by molar-refractivity contribution is 0.611. The van der Waals surface area contributed by atoms with Gasteiger partial charge in [-0.05, 0) is 6.42 Å². The Balaban J connectivity index is 3.08. The molecule has 1 atom stereocenters. The van der Waals surface area contributed by atoms with Gasteiger partial charge in [0.15, 0.2) is 0 Å². The van der Waals surface area contributed by atoms with Crippen molar-refractivity contribution in [1.29, 1.82) is 0 Å². The first-order chi connectivity index (χ1) is 5.31. The SMILES string of the molecule is BC(CCC=C)CCCCC. The summed E-state index contributed by atoms with van der Waals surface area (Å²) in [5.41, 5.74) is 0. The fraction of sp³-hybridized carbons (Fsp3) is 0.800. The van der Waals surface area contributed by atoms with Gasteiger partial charge in [-0.15, -0.1) is 6.58 Å². The zero-order chi connectivity index (χ0) is 8.53. The normalized spacial score (nSPS) is 12.8. The highest BCUT2D eigenvalue weighted by Gasteiger charge is 1.99. The Bertz CT molecular complexity index is 88.9. The van der Waals surface area contributed by atoms with E-state index in [4.69, 9.17) is 0 Å². The van der Waals surface area contributed by atoms with Gasteiger partial charge in [0.25, 0.3) is 0 Å². The van der Waals surface area contributed by atoms with E-state index in [-0.39, 0.29) is 0 Å². The zero-order valence-corrected chi connectivity index (χ0v) is 8.10. The van der Waals surface area contributed by atoms with Crippen molar-refractivity contribution in [2.45, 2.75) is 51.3 Å². The van der Waals surface area contributed by atoms with Crippen molar-refractivity contribution in [1.82, 2.24) is 0 Å². The van der Waals surface area contributed by atoms with Crippen molar-refractivity contribution in [3.8, 4) is 0 Å². The second-order valence-electron chi connectivity index (χ2n) is 3.47. The van der Waals surface area contributed by atoms with Crippen molar-refractivity contribution >= 4 is 7.85 Å². The third-order valence-electron chi connectivity index (χ3n) is 2.16. The van der Waals surface area contributed by atoms with Crippen LogP contribution in [0.25, 0.3) is 0 Å². The molecule has 0 aliphatic heterocycles. The molecule has 0 aliphatic rings. The Morgan fingerprint density at radius 2 is 2.09 bits per heavy atom. The van der Waals surface area contributed by atoms with E-state index in [2.05, 4.69) is 21.3 Å². The molecule has 0 amide bonds. The number of hydrogen-bond donors (Lipinski definition) is 0. The van der Waals surface area contributed by atoms with Gasteiger partial charge in [-0.3, -0.25) is 0 Å². The van der Waals surface area contributed by atoms with E-state index in [1.165, 1.54) is 38.5 Å². The molecule has 0 saturated heterocycles. The second-order valence-corrected chi connectivity index (χ2v) is 3.47. The van der Waals surface area contributed by atoms with Crippen molar-refractivity contribution in [3.05, 3.63) is 12.7 Å². The quantitative estimate of drug-likeness (QED) is 0.299. The molecule has 0 aromatic heterocycles. The Hall–Kier alpha value is -0.195. The fourth-order valence-corrected chi connectivity index (χ4v) is 1.29. The monoisotopic (exact) mass is 152 g/mol. The number of unbranched alkanes of at least 4 members (excludes halogenated alkanes) is 2. The Morgan fingerprint density at radius 3 is 2.64 bits per heavy atom. The van der Waals surface area contributed by atoms with E-state index in [0.717, 1.165) is 5.82 Å². The molecule has 0 heterocycles. The molecule has 0 bridgehead atoms. The second kappa shape index (κ2) is 7.91. The molecule has 1 heteroatoms. The lowest BCUT2D eigenvalue weighted by atomic mass is 9.79. The molecule has 1 unspecified atom stereocenters. The standard InChI is InChI=1S/C10H21B/c1-3-5-7-9-10(11)8-6-4-2/h4,10H,2-3,5-9,11H2,1H3. The van der Waals surface area contributed by atoms with Crippen LogP contribution in [0.4, 0.5) is 0 Å². The molecule has 0 aliphatic carbocycles. The van der Waals surface area contributed by atoms with Gasteiger partial charge >= 0.3 is 0 Å². The summed E-state index contributed by atoms with van der Waals surface area (Å²) in [5.74, 6) is 0.902. The van der Waals surface area contributed by atoms with Crippen molar-refractivity contribution in [2.75, 3.05) is 0 Å². The minimum Gasteiger partial charge on any atom is -0.103 e. The highest BCUT2D eigenvalue weighted by molar-refractivity contribution is 6.11. The summed E-state index contributed by atoms with van der Waals surface area (Å²) < 4.78 is 0. The highest BCUT2D eigenvalue weighted by atomic mass is 14.0. The Kier molecular flexibility index (Phi) is 7.77. The predicted molar refractivity (Wildman–Crippen MR) is 55.9 cm³/mol. The summed E-state index contributed by atoms with van der Waals surface area (Å²) in [6, 6.07) is 0. The van der Waals surface area contributed by atoms with Gasteiger partial charge in [-0.2, -0.15) is 0 Å². The van der Waals surface area contributed by atoms with Gasteiger partial charge < -0.3 is 0 Å². The van der Waals surface area contributed by atoms with Crippen LogP contribution in [0, 0.1) is 0 Å². The summed E-state index contributed by atoms with van der Waals surface area (Å²) in [5, 5.41) is 0. The van der Waals surface area contributed by atoms with Crippen LogP contribution in [0.1, 0.15) is 45.4 Å². The number of rotatable bonds is 7. The van der Waals surface area contributed by atoms with Crippen LogP contribution in [-0.2, 0) is 0 Å². The maximum Gasteiger partial charge on any atom is 0.105 e. The molecule has 11 heavy (non-hydrogen) atoms. The molecule has 0 aromatic rings. The van der Waals surface area contributed by atoms with Crippen LogP contribution in [-0.4, -0.2) is 7.85 Å². The van der Waals surface area contributed by atoms with Gasteiger partial charge in [0.05, 0.1) is 0 Å². The molecule has 0 N–H and O–H groups in total. The largest absolute Gasteiger partial charge is 0.105 e. The smallest absolute Gasteiger partial charge is 0.103 e. The molecule has 0 nitrogen and oxygen atoms in total.